The molecule has 2 fully saturated rings. The van der Waals surface area contributed by atoms with Gasteiger partial charge in [-0.15, -0.1) is 0 Å². The monoisotopic (exact) mass is 390 g/mol. The summed E-state index contributed by atoms with van der Waals surface area (Å²) in [5.74, 6) is 0. The van der Waals surface area contributed by atoms with Crippen molar-refractivity contribution < 1.29 is 17.7 Å². The molecule has 0 spiro atoms. The number of benzene rings is 1. The lowest BCUT2D eigenvalue weighted by Crippen LogP contribution is -2.41. The first kappa shape index (κ1) is 19.0. The summed E-state index contributed by atoms with van der Waals surface area (Å²) in [5, 5.41) is 0.864. The Morgan fingerprint density at radius 2 is 1.59 bits per heavy atom. The predicted molar refractivity (Wildman–Crippen MR) is 107 cm³/mol. The van der Waals surface area contributed by atoms with Gasteiger partial charge in [-0.05, 0) is 58.1 Å². The summed E-state index contributed by atoms with van der Waals surface area (Å²) in [6, 6.07) is 7.54. The second-order valence-corrected chi connectivity index (χ2v) is 10.3. The molecule has 2 aromatic rings. The van der Waals surface area contributed by atoms with Crippen LogP contribution < -0.4 is 5.46 Å². The van der Waals surface area contributed by atoms with E-state index in [1.54, 1.807) is 10.5 Å². The Bertz CT molecular complexity index is 945. The van der Waals surface area contributed by atoms with E-state index in [0.717, 1.165) is 30.1 Å². The van der Waals surface area contributed by atoms with E-state index in [1.165, 1.54) is 3.97 Å². The Balaban J connectivity index is 1.67. The summed E-state index contributed by atoms with van der Waals surface area (Å²) in [6.45, 7) is 9.27. The van der Waals surface area contributed by atoms with Crippen LogP contribution in [0.1, 0.15) is 47.0 Å². The molecule has 8 heteroatoms. The first-order valence-corrected chi connectivity index (χ1v) is 11.0. The van der Waals surface area contributed by atoms with Crippen molar-refractivity contribution in [2.75, 3.05) is 13.1 Å². The van der Waals surface area contributed by atoms with Gasteiger partial charge < -0.3 is 9.31 Å². The minimum Gasteiger partial charge on any atom is -0.399 e. The highest BCUT2D eigenvalue weighted by atomic mass is 32.2. The molecule has 3 heterocycles. The van der Waals surface area contributed by atoms with Crippen molar-refractivity contribution in [3.63, 3.8) is 0 Å². The number of nitrogens with zero attached hydrogens (tertiary/aromatic N) is 2. The lowest BCUT2D eigenvalue weighted by molar-refractivity contribution is 0.00578. The number of piperidine rings is 1. The van der Waals surface area contributed by atoms with Crippen molar-refractivity contribution in [3.05, 3.63) is 30.5 Å². The van der Waals surface area contributed by atoms with Gasteiger partial charge >= 0.3 is 17.3 Å². The molecule has 2 aliphatic heterocycles. The third-order valence-electron chi connectivity index (χ3n) is 6.09. The zero-order valence-electron chi connectivity index (χ0n) is 16.4. The van der Waals surface area contributed by atoms with Crippen LogP contribution >= 0.6 is 0 Å². The summed E-state index contributed by atoms with van der Waals surface area (Å²) in [6.07, 6.45) is 4.58. The van der Waals surface area contributed by atoms with E-state index >= 15 is 0 Å². The van der Waals surface area contributed by atoms with Crippen LogP contribution in [0.2, 0.25) is 0 Å². The third kappa shape index (κ3) is 3.12. The molecule has 0 aliphatic carbocycles. The SMILES string of the molecule is CC1(C)OB(c2ccc3c(ccn3S(=O)(=O)N3CCCCC3)c2)OC1(C)C. The summed E-state index contributed by atoms with van der Waals surface area (Å²) < 4.78 is 41.2. The quantitative estimate of drug-likeness (QED) is 0.756. The fourth-order valence-corrected chi connectivity index (χ4v) is 5.28. The van der Waals surface area contributed by atoms with Crippen molar-refractivity contribution in [3.8, 4) is 0 Å². The van der Waals surface area contributed by atoms with Crippen molar-refractivity contribution >= 4 is 33.7 Å². The van der Waals surface area contributed by atoms with Crippen LogP contribution in [0.5, 0.6) is 0 Å². The molecule has 0 radical (unpaired) electrons. The van der Waals surface area contributed by atoms with Crippen LogP contribution in [-0.4, -0.2) is 48.1 Å². The van der Waals surface area contributed by atoms with Crippen LogP contribution in [0, 0.1) is 0 Å². The fraction of sp³-hybridized carbons (Fsp3) is 0.579. The molecule has 0 N–H and O–H groups in total. The van der Waals surface area contributed by atoms with Crippen LogP contribution in [0.15, 0.2) is 30.5 Å². The molecule has 27 heavy (non-hydrogen) atoms. The number of hydrogen-bond donors (Lipinski definition) is 0. The second kappa shape index (κ2) is 6.34. The topological polar surface area (TPSA) is 60.8 Å². The first-order chi connectivity index (χ1) is 12.6. The zero-order valence-corrected chi connectivity index (χ0v) is 17.3. The van der Waals surface area contributed by atoms with Gasteiger partial charge in [-0.3, -0.25) is 0 Å². The molecule has 4 rings (SSSR count). The molecule has 0 bridgehead atoms. The summed E-state index contributed by atoms with van der Waals surface area (Å²) >= 11 is 0. The fourth-order valence-electron chi connectivity index (χ4n) is 3.68. The number of fused-ring (bicyclic) bond motifs is 1. The zero-order chi connectivity index (χ0) is 19.4. The maximum atomic E-state index is 13.0. The minimum atomic E-state index is -3.53. The Hall–Kier alpha value is -1.35. The lowest BCUT2D eigenvalue weighted by Gasteiger charge is -2.32. The van der Waals surface area contributed by atoms with Gasteiger partial charge in [-0.25, -0.2) is 3.97 Å². The normalized spacial score (nSPS) is 23.2. The molecule has 6 nitrogen and oxygen atoms in total. The highest BCUT2D eigenvalue weighted by Crippen LogP contribution is 2.36. The van der Waals surface area contributed by atoms with Crippen molar-refractivity contribution in [2.45, 2.75) is 58.2 Å². The second-order valence-electron chi connectivity index (χ2n) is 8.49. The summed E-state index contributed by atoms with van der Waals surface area (Å²) in [7, 11) is -3.98. The van der Waals surface area contributed by atoms with Gasteiger partial charge in [0.15, 0.2) is 0 Å². The Labute approximate surface area is 161 Å². The van der Waals surface area contributed by atoms with E-state index < -0.39 is 28.5 Å². The Morgan fingerprint density at radius 3 is 2.22 bits per heavy atom. The van der Waals surface area contributed by atoms with E-state index in [0.29, 0.717) is 18.6 Å². The molecule has 0 atom stereocenters. The van der Waals surface area contributed by atoms with Crippen LogP contribution in [0.4, 0.5) is 0 Å². The van der Waals surface area contributed by atoms with Crippen molar-refractivity contribution in [1.29, 1.82) is 0 Å². The van der Waals surface area contributed by atoms with Crippen LogP contribution in [0.25, 0.3) is 10.9 Å². The van der Waals surface area contributed by atoms with Gasteiger partial charge in [0.25, 0.3) is 0 Å². The van der Waals surface area contributed by atoms with Gasteiger partial charge in [0.1, 0.15) is 0 Å². The summed E-state index contributed by atoms with van der Waals surface area (Å²) in [5.41, 5.74) is 0.766. The van der Waals surface area contributed by atoms with Gasteiger partial charge in [-0.2, -0.15) is 12.7 Å². The molecule has 0 unspecified atom stereocenters. The van der Waals surface area contributed by atoms with E-state index in [4.69, 9.17) is 9.31 Å². The summed E-state index contributed by atoms with van der Waals surface area (Å²) in [4.78, 5) is 0. The molecule has 2 aliphatic rings. The molecule has 146 valence electrons. The molecule has 1 aromatic heterocycles. The molecule has 0 amide bonds. The maximum Gasteiger partial charge on any atom is 0.494 e. The molecule has 1 aromatic carbocycles. The van der Waals surface area contributed by atoms with E-state index in [9.17, 15) is 8.42 Å². The van der Waals surface area contributed by atoms with E-state index in [-0.39, 0.29) is 0 Å². The number of aromatic nitrogens is 1. The molecule has 0 saturated carbocycles. The highest BCUT2D eigenvalue weighted by Gasteiger charge is 2.51. The largest absolute Gasteiger partial charge is 0.494 e. The predicted octanol–water partition coefficient (Wildman–Crippen LogP) is 2.52. The number of hydrogen-bond acceptors (Lipinski definition) is 4. The van der Waals surface area contributed by atoms with Gasteiger partial charge in [0.2, 0.25) is 0 Å². The van der Waals surface area contributed by atoms with E-state index in [1.807, 2.05) is 52.0 Å². The van der Waals surface area contributed by atoms with Crippen molar-refractivity contribution in [2.24, 2.45) is 0 Å². The average molecular weight is 390 g/mol. The average Bonchev–Trinajstić information content (AvgIpc) is 3.13. The highest BCUT2D eigenvalue weighted by molar-refractivity contribution is 7.87. The maximum absolute atomic E-state index is 13.0. The van der Waals surface area contributed by atoms with Crippen LogP contribution in [0.3, 0.4) is 0 Å². The van der Waals surface area contributed by atoms with Crippen LogP contribution in [-0.2, 0) is 19.5 Å². The van der Waals surface area contributed by atoms with E-state index in [2.05, 4.69) is 0 Å². The minimum absolute atomic E-state index is 0.407. The lowest BCUT2D eigenvalue weighted by atomic mass is 9.79. The smallest absolute Gasteiger partial charge is 0.399 e. The van der Waals surface area contributed by atoms with Gasteiger partial charge in [0, 0.05) is 24.7 Å². The molecular weight excluding hydrogens is 363 g/mol. The standard InChI is InChI=1S/C19H27BN2O4S/c1-18(2)19(3,4)26-20(25-18)16-8-9-17-15(14-16)10-13-22(17)27(23,24)21-11-6-5-7-12-21/h8-10,13-14H,5-7,11-12H2,1-4H3. The number of rotatable bonds is 3. The molecule has 2 saturated heterocycles. The van der Waals surface area contributed by atoms with Gasteiger partial charge in [0.05, 0.1) is 16.7 Å². The molecular formula is C19H27BN2O4S. The first-order valence-electron chi connectivity index (χ1n) is 9.59. The van der Waals surface area contributed by atoms with Crippen molar-refractivity contribution in [1.82, 2.24) is 8.28 Å². The third-order valence-corrected chi connectivity index (χ3v) is 7.93. The Kier molecular flexibility index (Phi) is 4.46. The van der Waals surface area contributed by atoms with Gasteiger partial charge in [-0.1, -0.05) is 18.6 Å². The Morgan fingerprint density at radius 1 is 0.963 bits per heavy atom.